The molecule has 0 atom stereocenters. The van der Waals surface area contributed by atoms with Gasteiger partial charge in [0.15, 0.2) is 0 Å². The molecule has 0 saturated carbocycles. The van der Waals surface area contributed by atoms with E-state index in [1.807, 2.05) is 54.5 Å². The maximum atomic E-state index is 13.2. The molecule has 5 heteroatoms. The first kappa shape index (κ1) is 16.9. The Morgan fingerprint density at radius 3 is 2.81 bits per heavy atom. The molecule has 1 amide bonds. The number of nitrogens with zero attached hydrogens (tertiary/aromatic N) is 3. The minimum atomic E-state index is 0.0855. The van der Waals surface area contributed by atoms with Crippen LogP contribution in [0.3, 0.4) is 0 Å². The number of para-hydroxylation sites is 1. The van der Waals surface area contributed by atoms with Crippen molar-refractivity contribution in [3.05, 3.63) is 75.5 Å². The Morgan fingerprint density at radius 1 is 1.15 bits per heavy atom. The molecule has 0 bridgehead atoms. The Kier molecular flexibility index (Phi) is 4.80. The number of thiazole rings is 1. The van der Waals surface area contributed by atoms with E-state index in [1.54, 1.807) is 0 Å². The van der Waals surface area contributed by atoms with Crippen molar-refractivity contribution in [1.29, 1.82) is 0 Å². The highest BCUT2D eigenvalue weighted by atomic mass is 32.1. The predicted octanol–water partition coefficient (Wildman–Crippen LogP) is 4.22. The normalized spacial score (nSPS) is 13.5. The van der Waals surface area contributed by atoms with Crippen LogP contribution in [0.5, 0.6) is 0 Å². The van der Waals surface area contributed by atoms with Crippen LogP contribution in [0.2, 0.25) is 0 Å². The zero-order valence-corrected chi connectivity index (χ0v) is 15.6. The van der Waals surface area contributed by atoms with Crippen LogP contribution < -0.4 is 4.90 Å². The molecule has 0 unspecified atom stereocenters. The van der Waals surface area contributed by atoms with Gasteiger partial charge in [0.05, 0.1) is 10.7 Å². The quantitative estimate of drug-likeness (QED) is 0.697. The maximum absolute atomic E-state index is 13.2. The van der Waals surface area contributed by atoms with Gasteiger partial charge in [-0.25, -0.2) is 4.98 Å². The van der Waals surface area contributed by atoms with Crippen LogP contribution in [-0.4, -0.2) is 22.4 Å². The van der Waals surface area contributed by atoms with Crippen LogP contribution in [0.15, 0.2) is 48.8 Å². The van der Waals surface area contributed by atoms with Crippen molar-refractivity contribution in [3.8, 4) is 0 Å². The number of aryl methyl sites for hydroxylation is 4. The molecule has 0 spiro atoms. The fraction of sp³-hybridized carbons (Fsp3) is 0.286. The predicted molar refractivity (Wildman–Crippen MR) is 105 cm³/mol. The average Bonchev–Trinajstić information content (AvgIpc) is 3.07. The summed E-state index contributed by atoms with van der Waals surface area (Å²) >= 11 is 1.54. The highest BCUT2D eigenvalue weighted by Crippen LogP contribution is 2.30. The first-order valence-corrected chi connectivity index (χ1v) is 9.79. The van der Waals surface area contributed by atoms with Crippen molar-refractivity contribution in [2.45, 2.75) is 32.6 Å². The lowest BCUT2D eigenvalue weighted by Crippen LogP contribution is -2.35. The summed E-state index contributed by atoms with van der Waals surface area (Å²) in [6.07, 6.45) is 7.43. The number of carbonyl (C=O) groups excluding carboxylic acids is 1. The Labute approximate surface area is 157 Å². The summed E-state index contributed by atoms with van der Waals surface area (Å²) in [6, 6.07) is 12.3. The van der Waals surface area contributed by atoms with Gasteiger partial charge in [0.25, 0.3) is 5.91 Å². The highest BCUT2D eigenvalue weighted by molar-refractivity contribution is 7.14. The van der Waals surface area contributed by atoms with Gasteiger partial charge in [0.2, 0.25) is 0 Å². The Hall–Kier alpha value is -2.53. The summed E-state index contributed by atoms with van der Waals surface area (Å²) in [5.41, 5.74) is 4.39. The Morgan fingerprint density at radius 2 is 1.96 bits per heavy atom. The summed E-state index contributed by atoms with van der Waals surface area (Å²) in [6.45, 7) is 2.72. The lowest BCUT2D eigenvalue weighted by molar-refractivity contribution is 0.0988. The van der Waals surface area contributed by atoms with Crippen molar-refractivity contribution >= 4 is 22.9 Å². The molecule has 1 aliphatic heterocycles. The number of anilines is 1. The Balaban J connectivity index is 1.53. The number of aromatic nitrogens is 2. The largest absolute Gasteiger partial charge is 0.307 e. The first-order chi connectivity index (χ1) is 12.7. The fourth-order valence-corrected chi connectivity index (χ4v) is 4.44. The number of pyridine rings is 1. The van der Waals surface area contributed by atoms with E-state index >= 15 is 0 Å². The van der Waals surface area contributed by atoms with E-state index in [1.165, 1.54) is 22.5 Å². The summed E-state index contributed by atoms with van der Waals surface area (Å²) in [5.74, 6) is 0.0855. The molecule has 2 aromatic heterocycles. The van der Waals surface area contributed by atoms with Gasteiger partial charge in [-0.1, -0.05) is 18.2 Å². The van der Waals surface area contributed by atoms with Gasteiger partial charge in [-0.15, -0.1) is 11.3 Å². The van der Waals surface area contributed by atoms with Gasteiger partial charge in [-0.05, 0) is 55.5 Å². The van der Waals surface area contributed by atoms with Crippen molar-refractivity contribution in [2.75, 3.05) is 11.4 Å². The molecule has 132 valence electrons. The molecule has 4 nitrogen and oxygen atoms in total. The third kappa shape index (κ3) is 3.40. The number of amides is 1. The monoisotopic (exact) mass is 363 g/mol. The summed E-state index contributed by atoms with van der Waals surface area (Å²) in [7, 11) is 0. The molecule has 3 aromatic rings. The Bertz CT molecular complexity index is 920. The van der Waals surface area contributed by atoms with Crippen LogP contribution in [0.25, 0.3) is 0 Å². The second-order valence-corrected chi connectivity index (χ2v) is 7.65. The topological polar surface area (TPSA) is 46.1 Å². The smallest absolute Gasteiger partial charge is 0.270 e. The second kappa shape index (κ2) is 7.38. The molecule has 1 aromatic carbocycles. The van der Waals surface area contributed by atoms with Gasteiger partial charge in [-0.3, -0.25) is 9.78 Å². The molecule has 0 N–H and O–H groups in total. The third-order valence-electron chi connectivity index (χ3n) is 4.77. The van der Waals surface area contributed by atoms with Gasteiger partial charge in [0.1, 0.15) is 4.88 Å². The minimum absolute atomic E-state index is 0.0855. The zero-order chi connectivity index (χ0) is 17.9. The molecular weight excluding hydrogens is 342 g/mol. The van der Waals surface area contributed by atoms with Crippen LogP contribution >= 0.6 is 11.3 Å². The van der Waals surface area contributed by atoms with E-state index in [-0.39, 0.29) is 5.91 Å². The van der Waals surface area contributed by atoms with Crippen molar-refractivity contribution in [1.82, 2.24) is 9.97 Å². The SMILES string of the molecule is Cc1nc(CCc2ccncc2)sc1C(=O)N1CCCc2ccccc21. The van der Waals surface area contributed by atoms with E-state index < -0.39 is 0 Å². The van der Waals surface area contributed by atoms with Crippen LogP contribution in [0.4, 0.5) is 5.69 Å². The van der Waals surface area contributed by atoms with Gasteiger partial charge in [-0.2, -0.15) is 0 Å². The van der Waals surface area contributed by atoms with E-state index in [4.69, 9.17) is 0 Å². The van der Waals surface area contributed by atoms with E-state index in [0.717, 1.165) is 53.5 Å². The number of rotatable bonds is 4. The molecule has 0 aliphatic carbocycles. The number of hydrogen-bond acceptors (Lipinski definition) is 4. The lowest BCUT2D eigenvalue weighted by atomic mass is 10.0. The third-order valence-corrected chi connectivity index (χ3v) is 5.97. The summed E-state index contributed by atoms with van der Waals surface area (Å²) in [4.78, 5) is 24.6. The van der Waals surface area contributed by atoms with Crippen LogP contribution in [0, 0.1) is 6.92 Å². The van der Waals surface area contributed by atoms with Crippen LogP contribution in [0.1, 0.15) is 37.9 Å². The fourth-order valence-electron chi connectivity index (χ4n) is 3.43. The highest BCUT2D eigenvalue weighted by Gasteiger charge is 2.26. The maximum Gasteiger partial charge on any atom is 0.270 e. The number of benzene rings is 1. The van der Waals surface area contributed by atoms with Gasteiger partial charge in [0, 0.05) is 31.0 Å². The molecule has 4 rings (SSSR count). The number of hydrogen-bond donors (Lipinski definition) is 0. The number of fused-ring (bicyclic) bond motifs is 1. The van der Waals surface area contributed by atoms with Gasteiger partial charge >= 0.3 is 0 Å². The molecular formula is C21H21N3OS. The van der Waals surface area contributed by atoms with Crippen molar-refractivity contribution < 1.29 is 4.79 Å². The molecule has 0 saturated heterocycles. The summed E-state index contributed by atoms with van der Waals surface area (Å²) < 4.78 is 0. The van der Waals surface area contributed by atoms with E-state index in [9.17, 15) is 4.79 Å². The average molecular weight is 363 g/mol. The first-order valence-electron chi connectivity index (χ1n) is 8.97. The van der Waals surface area contributed by atoms with Crippen molar-refractivity contribution in [3.63, 3.8) is 0 Å². The second-order valence-electron chi connectivity index (χ2n) is 6.57. The number of carbonyl (C=O) groups is 1. The minimum Gasteiger partial charge on any atom is -0.307 e. The van der Waals surface area contributed by atoms with Crippen molar-refractivity contribution in [2.24, 2.45) is 0 Å². The van der Waals surface area contributed by atoms with Crippen LogP contribution in [-0.2, 0) is 19.3 Å². The zero-order valence-electron chi connectivity index (χ0n) is 14.8. The summed E-state index contributed by atoms with van der Waals surface area (Å²) in [5, 5.41) is 1.02. The molecule has 0 radical (unpaired) electrons. The molecule has 0 fully saturated rings. The molecule has 26 heavy (non-hydrogen) atoms. The standard InChI is InChI=1S/C21H21N3OS/c1-15-20(26-19(23-15)9-8-16-10-12-22-13-11-16)21(25)24-14-4-6-17-5-2-3-7-18(17)24/h2-3,5,7,10-13H,4,6,8-9,14H2,1H3. The molecule has 1 aliphatic rings. The van der Waals surface area contributed by atoms with Gasteiger partial charge < -0.3 is 4.90 Å². The van der Waals surface area contributed by atoms with E-state index in [0.29, 0.717) is 0 Å². The van der Waals surface area contributed by atoms with E-state index in [2.05, 4.69) is 16.0 Å². The molecule has 3 heterocycles. The lowest BCUT2D eigenvalue weighted by Gasteiger charge is -2.29.